The molecule has 0 aromatic heterocycles. The lowest BCUT2D eigenvalue weighted by Gasteiger charge is -2.15. The molecule has 0 aliphatic heterocycles. The first kappa shape index (κ1) is 21.2. The van der Waals surface area contributed by atoms with Crippen molar-refractivity contribution >= 4 is 17.8 Å². The van der Waals surface area contributed by atoms with Gasteiger partial charge in [-0.25, -0.2) is 0 Å². The molecule has 27 heavy (non-hydrogen) atoms. The molecular weight excluding hydrogens is 357 g/mol. The molecule has 148 valence electrons. The maximum absolute atomic E-state index is 13.1. The van der Waals surface area contributed by atoms with Crippen molar-refractivity contribution in [2.45, 2.75) is 57.5 Å². The highest BCUT2D eigenvalue weighted by atomic mass is 19.4. The van der Waals surface area contributed by atoms with Gasteiger partial charge in [0, 0.05) is 18.8 Å². The molecule has 1 aliphatic rings. The topological polar surface area (TPSA) is 54.4 Å². The first-order valence-corrected chi connectivity index (χ1v) is 9.38. The molecule has 0 amide bonds. The van der Waals surface area contributed by atoms with E-state index in [1.165, 1.54) is 18.2 Å². The van der Waals surface area contributed by atoms with Crippen LogP contribution in [0, 0.1) is 11.8 Å². The molecule has 1 fully saturated rings. The van der Waals surface area contributed by atoms with Gasteiger partial charge in [0.2, 0.25) is 0 Å². The summed E-state index contributed by atoms with van der Waals surface area (Å²) in [5, 5.41) is 8.61. The number of benzene rings is 1. The average molecular weight is 382 g/mol. The lowest BCUT2D eigenvalue weighted by atomic mass is 9.89. The number of carboxylic acids is 1. The Bertz CT molecular complexity index is 679. The number of carbonyl (C=O) groups is 2. The van der Waals surface area contributed by atoms with E-state index in [1.807, 2.05) is 0 Å². The summed E-state index contributed by atoms with van der Waals surface area (Å²) in [6, 6.07) is 5.44. The van der Waals surface area contributed by atoms with Crippen molar-refractivity contribution in [3.63, 3.8) is 0 Å². The van der Waals surface area contributed by atoms with E-state index in [0.717, 1.165) is 25.3 Å². The average Bonchev–Trinajstić information content (AvgIpc) is 2.95. The van der Waals surface area contributed by atoms with Crippen LogP contribution in [0.5, 0.6) is 0 Å². The normalized spacial score (nSPS) is 20.5. The minimum atomic E-state index is -4.40. The quantitative estimate of drug-likeness (QED) is 0.554. The van der Waals surface area contributed by atoms with E-state index in [-0.39, 0.29) is 29.6 Å². The van der Waals surface area contributed by atoms with Gasteiger partial charge in [0.05, 0.1) is 5.56 Å². The first-order chi connectivity index (χ1) is 12.8. The Kier molecular flexibility index (Phi) is 7.63. The van der Waals surface area contributed by atoms with Crippen LogP contribution in [-0.4, -0.2) is 16.9 Å². The van der Waals surface area contributed by atoms with E-state index in [1.54, 1.807) is 12.1 Å². The van der Waals surface area contributed by atoms with Gasteiger partial charge in [-0.15, -0.1) is 0 Å². The Morgan fingerprint density at radius 1 is 1.15 bits per heavy atom. The molecule has 1 aromatic rings. The number of unbranched alkanes of at least 4 members (excludes halogenated alkanes) is 3. The molecule has 1 aliphatic carbocycles. The number of hydrogen-bond donors (Lipinski definition) is 1. The van der Waals surface area contributed by atoms with Gasteiger partial charge in [-0.2, -0.15) is 13.2 Å². The van der Waals surface area contributed by atoms with E-state index in [0.29, 0.717) is 25.7 Å². The summed E-state index contributed by atoms with van der Waals surface area (Å²) in [6.07, 6.45) is 4.00. The number of carboxylic acid groups (broad SMARTS) is 1. The molecule has 6 heteroatoms. The monoisotopic (exact) mass is 382 g/mol. The Balaban J connectivity index is 1.92. The van der Waals surface area contributed by atoms with E-state index < -0.39 is 17.7 Å². The van der Waals surface area contributed by atoms with Crippen LogP contribution in [0.25, 0.3) is 6.08 Å². The van der Waals surface area contributed by atoms with Gasteiger partial charge in [-0.05, 0) is 36.8 Å². The minimum Gasteiger partial charge on any atom is -0.481 e. The van der Waals surface area contributed by atoms with Gasteiger partial charge in [-0.1, -0.05) is 49.6 Å². The molecule has 1 N–H and O–H groups in total. The summed E-state index contributed by atoms with van der Waals surface area (Å²) in [4.78, 5) is 22.6. The number of Topliss-reactive ketones (excluding diaryl/α,β-unsaturated/α-hetero) is 1. The van der Waals surface area contributed by atoms with Crippen molar-refractivity contribution in [2.24, 2.45) is 11.8 Å². The smallest absolute Gasteiger partial charge is 0.416 e. The van der Waals surface area contributed by atoms with E-state index >= 15 is 0 Å². The molecule has 0 spiro atoms. The summed E-state index contributed by atoms with van der Waals surface area (Å²) in [5.74, 6) is -0.791. The Morgan fingerprint density at radius 3 is 2.56 bits per heavy atom. The second-order valence-electron chi connectivity index (χ2n) is 7.07. The maximum atomic E-state index is 13.1. The van der Waals surface area contributed by atoms with Gasteiger partial charge in [0.1, 0.15) is 5.78 Å². The van der Waals surface area contributed by atoms with Crippen molar-refractivity contribution in [2.75, 3.05) is 0 Å². The number of halogens is 3. The van der Waals surface area contributed by atoms with Gasteiger partial charge in [-0.3, -0.25) is 9.59 Å². The highest BCUT2D eigenvalue weighted by Crippen LogP contribution is 2.36. The van der Waals surface area contributed by atoms with Crippen LogP contribution in [-0.2, 0) is 15.8 Å². The number of ketones is 1. The van der Waals surface area contributed by atoms with Crippen molar-refractivity contribution in [3.8, 4) is 0 Å². The third-order valence-corrected chi connectivity index (χ3v) is 5.10. The largest absolute Gasteiger partial charge is 0.481 e. The summed E-state index contributed by atoms with van der Waals surface area (Å²) >= 11 is 0. The van der Waals surface area contributed by atoms with Crippen molar-refractivity contribution < 1.29 is 27.9 Å². The maximum Gasteiger partial charge on any atom is 0.416 e. The predicted octanol–water partition coefficient (Wildman–Crippen LogP) is 5.74. The molecule has 2 rings (SSSR count). The van der Waals surface area contributed by atoms with Crippen molar-refractivity contribution in [1.82, 2.24) is 0 Å². The number of hydrogen-bond acceptors (Lipinski definition) is 2. The second kappa shape index (κ2) is 9.72. The molecule has 0 bridgehead atoms. The molecular formula is C21H25F3O3. The van der Waals surface area contributed by atoms with E-state index in [9.17, 15) is 22.8 Å². The van der Waals surface area contributed by atoms with Crippen LogP contribution in [0.1, 0.15) is 62.5 Å². The molecule has 2 atom stereocenters. The highest BCUT2D eigenvalue weighted by molar-refractivity contribution is 5.84. The fourth-order valence-electron chi connectivity index (χ4n) is 3.66. The number of aliphatic carboxylic acids is 1. The molecule has 0 heterocycles. The molecule has 3 nitrogen and oxygen atoms in total. The molecule has 0 saturated heterocycles. The molecule has 1 aromatic carbocycles. The van der Waals surface area contributed by atoms with Crippen LogP contribution in [0.15, 0.2) is 30.3 Å². The van der Waals surface area contributed by atoms with E-state index in [2.05, 4.69) is 0 Å². The van der Waals surface area contributed by atoms with Crippen LogP contribution in [0.2, 0.25) is 0 Å². The van der Waals surface area contributed by atoms with Crippen LogP contribution in [0.3, 0.4) is 0 Å². The van der Waals surface area contributed by atoms with Gasteiger partial charge >= 0.3 is 12.1 Å². The van der Waals surface area contributed by atoms with Crippen LogP contribution < -0.4 is 0 Å². The Morgan fingerprint density at radius 2 is 1.85 bits per heavy atom. The Hall–Kier alpha value is -2.11. The Labute approximate surface area is 157 Å². The lowest BCUT2D eigenvalue weighted by Crippen LogP contribution is -2.13. The van der Waals surface area contributed by atoms with Crippen molar-refractivity contribution in [1.29, 1.82) is 0 Å². The number of rotatable bonds is 9. The van der Waals surface area contributed by atoms with Gasteiger partial charge < -0.3 is 5.11 Å². The zero-order valence-corrected chi connectivity index (χ0v) is 15.2. The second-order valence-corrected chi connectivity index (χ2v) is 7.07. The summed E-state index contributed by atoms with van der Waals surface area (Å²) in [6.45, 7) is 0. The third-order valence-electron chi connectivity index (χ3n) is 5.10. The fourth-order valence-corrected chi connectivity index (χ4v) is 3.66. The van der Waals surface area contributed by atoms with Gasteiger partial charge in [0.15, 0.2) is 0 Å². The number of allylic oxidation sites excluding steroid dienone is 1. The van der Waals surface area contributed by atoms with Crippen LogP contribution >= 0.6 is 0 Å². The minimum absolute atomic E-state index is 0.0298. The summed E-state index contributed by atoms with van der Waals surface area (Å²) in [5.41, 5.74) is -0.544. The first-order valence-electron chi connectivity index (χ1n) is 9.38. The number of carbonyl (C=O) groups excluding carboxylic acids is 1. The van der Waals surface area contributed by atoms with Crippen LogP contribution in [0.4, 0.5) is 13.2 Å². The molecule has 1 saturated carbocycles. The number of alkyl halides is 3. The van der Waals surface area contributed by atoms with Crippen molar-refractivity contribution in [3.05, 3.63) is 41.5 Å². The predicted molar refractivity (Wildman–Crippen MR) is 97.0 cm³/mol. The molecule has 0 unspecified atom stereocenters. The summed E-state index contributed by atoms with van der Waals surface area (Å²) in [7, 11) is 0. The summed E-state index contributed by atoms with van der Waals surface area (Å²) < 4.78 is 39.2. The zero-order valence-electron chi connectivity index (χ0n) is 15.2. The highest BCUT2D eigenvalue weighted by Gasteiger charge is 2.34. The van der Waals surface area contributed by atoms with Gasteiger partial charge in [0.25, 0.3) is 0 Å². The zero-order chi connectivity index (χ0) is 19.9. The fraction of sp³-hybridized carbons (Fsp3) is 0.524. The SMILES string of the molecule is O=C(O)CCCCCC[C@@H]1C(=O)CC[C@H]1C=Cc1ccccc1C(F)(F)F. The van der Waals surface area contributed by atoms with E-state index in [4.69, 9.17) is 5.11 Å². The molecule has 0 radical (unpaired) electrons. The third kappa shape index (κ3) is 6.52. The lowest BCUT2D eigenvalue weighted by molar-refractivity contribution is -0.138. The standard InChI is InChI=1S/C21H25F3O3/c22-21(23,24)18-9-6-5-7-16(18)12-11-15-13-14-19(25)17(15)8-3-1-2-4-10-20(26)27/h5-7,9,11-12,15,17H,1-4,8,10,13-14H2,(H,26,27)/t15-,17+/m1/s1.